The zero-order chi connectivity index (χ0) is 15.6. The molecule has 0 aliphatic carbocycles. The molecule has 0 saturated carbocycles. The highest BCUT2D eigenvalue weighted by Crippen LogP contribution is 2.03. The van der Waals surface area contributed by atoms with Crippen molar-refractivity contribution in [2.24, 2.45) is 0 Å². The molecule has 0 aliphatic rings. The Hall–Kier alpha value is -1.19. The van der Waals surface area contributed by atoms with Gasteiger partial charge in [-0.15, -0.1) is 0 Å². The number of esters is 1. The maximum absolute atomic E-state index is 11.6. The Morgan fingerprint density at radius 3 is 2.50 bits per heavy atom. The second-order valence-electron chi connectivity index (χ2n) is 4.02. The van der Waals surface area contributed by atoms with E-state index < -0.39 is 28.0 Å². The van der Waals surface area contributed by atoms with Crippen LogP contribution in [0.5, 0.6) is 0 Å². The molecule has 0 bridgehead atoms. The normalized spacial score (nSPS) is 12.9. The molecule has 20 heavy (non-hydrogen) atoms. The number of carboxylic acid groups (broad SMARTS) is 1. The molecule has 0 spiro atoms. The summed E-state index contributed by atoms with van der Waals surface area (Å²) in [6, 6.07) is -1.34. The molecule has 9 heteroatoms. The van der Waals surface area contributed by atoms with Crippen LogP contribution in [0.2, 0.25) is 0 Å². The van der Waals surface area contributed by atoms with Crippen LogP contribution in [0.15, 0.2) is 0 Å². The lowest BCUT2D eigenvalue weighted by atomic mass is 10.2. The number of hydrogen-bond acceptors (Lipinski definition) is 6. The first-order valence-electron chi connectivity index (χ1n) is 6.19. The molecule has 118 valence electrons. The zero-order valence-corrected chi connectivity index (χ0v) is 12.4. The van der Waals surface area contributed by atoms with Crippen LogP contribution in [-0.2, 0) is 29.1 Å². The number of carbonyl (C=O) groups excluding carboxylic acids is 1. The van der Waals surface area contributed by atoms with Gasteiger partial charge in [-0.25, -0.2) is 13.1 Å². The number of sulfonamides is 1. The van der Waals surface area contributed by atoms with Gasteiger partial charge in [-0.1, -0.05) is 0 Å². The molecule has 0 aromatic heterocycles. The summed E-state index contributed by atoms with van der Waals surface area (Å²) in [7, 11) is -2.28. The second-order valence-corrected chi connectivity index (χ2v) is 5.89. The van der Waals surface area contributed by atoms with E-state index in [9.17, 15) is 18.0 Å². The van der Waals surface area contributed by atoms with Crippen LogP contribution in [-0.4, -0.2) is 57.6 Å². The van der Waals surface area contributed by atoms with Crippen LogP contribution in [0.25, 0.3) is 0 Å². The Morgan fingerprint density at radius 1 is 1.35 bits per heavy atom. The average molecular weight is 311 g/mol. The van der Waals surface area contributed by atoms with Crippen molar-refractivity contribution in [2.45, 2.75) is 32.2 Å². The first-order chi connectivity index (χ1) is 9.32. The highest BCUT2D eigenvalue weighted by atomic mass is 32.2. The van der Waals surface area contributed by atoms with Crippen molar-refractivity contribution in [3.05, 3.63) is 0 Å². The van der Waals surface area contributed by atoms with Gasteiger partial charge in [-0.3, -0.25) is 9.59 Å². The molecule has 0 aliphatic heterocycles. The summed E-state index contributed by atoms with van der Waals surface area (Å²) in [5.41, 5.74) is 0. The van der Waals surface area contributed by atoms with Gasteiger partial charge in [0.1, 0.15) is 6.04 Å². The topological polar surface area (TPSA) is 119 Å². The van der Waals surface area contributed by atoms with Crippen LogP contribution in [0.1, 0.15) is 26.2 Å². The molecular formula is C11H21NO7S. The Morgan fingerprint density at radius 2 is 2.00 bits per heavy atom. The Balaban J connectivity index is 4.39. The smallest absolute Gasteiger partial charge is 0.321 e. The standard InChI is InChI=1S/C11H21NO7S/c1-3-19-10(13)6-5-9(11(14)15)12-20(16,17)8-4-7-18-2/h9,12H,3-8H2,1-2H3,(H,14,15)/t9-/m0/s1. The molecule has 0 radical (unpaired) electrons. The van der Waals surface area contributed by atoms with E-state index in [4.69, 9.17) is 9.84 Å². The summed E-state index contributed by atoms with van der Waals surface area (Å²) in [5.74, 6) is -2.12. The van der Waals surface area contributed by atoms with Gasteiger partial charge in [0.2, 0.25) is 10.0 Å². The monoisotopic (exact) mass is 311 g/mol. The van der Waals surface area contributed by atoms with Gasteiger partial charge in [0, 0.05) is 20.1 Å². The van der Waals surface area contributed by atoms with Crippen molar-refractivity contribution in [2.75, 3.05) is 26.1 Å². The molecule has 8 nitrogen and oxygen atoms in total. The fourth-order valence-corrected chi connectivity index (χ4v) is 2.67. The van der Waals surface area contributed by atoms with Gasteiger partial charge < -0.3 is 14.6 Å². The number of carboxylic acids is 1. The molecule has 0 rings (SSSR count). The van der Waals surface area contributed by atoms with Crippen molar-refractivity contribution in [1.29, 1.82) is 0 Å². The van der Waals surface area contributed by atoms with Gasteiger partial charge >= 0.3 is 11.9 Å². The largest absolute Gasteiger partial charge is 0.480 e. The van der Waals surface area contributed by atoms with E-state index in [2.05, 4.69) is 9.46 Å². The van der Waals surface area contributed by atoms with Crippen molar-refractivity contribution in [1.82, 2.24) is 4.72 Å². The van der Waals surface area contributed by atoms with E-state index in [1.54, 1.807) is 6.92 Å². The SMILES string of the molecule is CCOC(=O)CC[C@H](NS(=O)(=O)CCCOC)C(=O)O. The quantitative estimate of drug-likeness (QED) is 0.398. The molecule has 0 aromatic rings. The van der Waals surface area contributed by atoms with Crippen molar-refractivity contribution in [3.8, 4) is 0 Å². The van der Waals surface area contributed by atoms with Crippen LogP contribution >= 0.6 is 0 Å². The Labute approximate surface area is 118 Å². The van der Waals surface area contributed by atoms with E-state index in [0.717, 1.165) is 0 Å². The predicted molar refractivity (Wildman–Crippen MR) is 70.7 cm³/mol. The number of aliphatic carboxylic acids is 1. The molecule has 0 fully saturated rings. The predicted octanol–water partition coefficient (Wildman–Crippen LogP) is -0.261. The van der Waals surface area contributed by atoms with Crippen molar-refractivity contribution in [3.63, 3.8) is 0 Å². The summed E-state index contributed by atoms with van der Waals surface area (Å²) >= 11 is 0. The van der Waals surface area contributed by atoms with Gasteiger partial charge in [-0.2, -0.15) is 0 Å². The Bertz CT molecular complexity index is 407. The lowest BCUT2D eigenvalue weighted by Crippen LogP contribution is -2.42. The average Bonchev–Trinajstić information content (AvgIpc) is 2.34. The zero-order valence-electron chi connectivity index (χ0n) is 11.6. The molecule has 1 atom stereocenters. The number of ether oxygens (including phenoxy) is 2. The van der Waals surface area contributed by atoms with Crippen LogP contribution < -0.4 is 4.72 Å². The molecule has 0 aromatic carbocycles. The van der Waals surface area contributed by atoms with E-state index >= 15 is 0 Å². The fourth-order valence-electron chi connectivity index (χ4n) is 1.40. The van der Waals surface area contributed by atoms with Crippen molar-refractivity contribution < 1.29 is 32.6 Å². The van der Waals surface area contributed by atoms with Gasteiger partial charge in [0.15, 0.2) is 0 Å². The molecule has 0 heterocycles. The fraction of sp³-hybridized carbons (Fsp3) is 0.818. The molecular weight excluding hydrogens is 290 g/mol. The molecule has 2 N–H and O–H groups in total. The van der Waals surface area contributed by atoms with Gasteiger partial charge in [-0.05, 0) is 19.8 Å². The summed E-state index contributed by atoms with van der Waals surface area (Å²) in [4.78, 5) is 22.1. The van der Waals surface area contributed by atoms with E-state index in [1.807, 2.05) is 0 Å². The maximum atomic E-state index is 11.6. The number of rotatable bonds is 11. The van der Waals surface area contributed by atoms with Crippen molar-refractivity contribution >= 4 is 22.0 Å². The highest BCUT2D eigenvalue weighted by Gasteiger charge is 2.24. The minimum atomic E-state index is -3.72. The van der Waals surface area contributed by atoms with Gasteiger partial charge in [0.05, 0.1) is 12.4 Å². The van der Waals surface area contributed by atoms with Crippen LogP contribution in [0.4, 0.5) is 0 Å². The van der Waals surface area contributed by atoms with E-state index in [-0.39, 0.29) is 38.2 Å². The van der Waals surface area contributed by atoms with Crippen LogP contribution in [0.3, 0.4) is 0 Å². The minimum Gasteiger partial charge on any atom is -0.480 e. The summed E-state index contributed by atoms with van der Waals surface area (Å²) < 4.78 is 34.7. The van der Waals surface area contributed by atoms with Gasteiger partial charge in [0.25, 0.3) is 0 Å². The summed E-state index contributed by atoms with van der Waals surface area (Å²) in [6.07, 6.45) is -0.0564. The number of carbonyl (C=O) groups is 2. The minimum absolute atomic E-state index is 0.155. The third kappa shape index (κ3) is 8.83. The van der Waals surface area contributed by atoms with E-state index in [1.165, 1.54) is 7.11 Å². The first-order valence-corrected chi connectivity index (χ1v) is 7.85. The third-order valence-electron chi connectivity index (χ3n) is 2.32. The number of methoxy groups -OCH3 is 1. The lowest BCUT2D eigenvalue weighted by Gasteiger charge is -2.14. The third-order valence-corrected chi connectivity index (χ3v) is 3.79. The number of hydrogen-bond donors (Lipinski definition) is 2. The van der Waals surface area contributed by atoms with Crippen LogP contribution in [0, 0.1) is 0 Å². The highest BCUT2D eigenvalue weighted by molar-refractivity contribution is 7.89. The second kappa shape index (κ2) is 9.67. The Kier molecular flexibility index (Phi) is 9.10. The molecule has 0 unspecified atom stereocenters. The lowest BCUT2D eigenvalue weighted by molar-refractivity contribution is -0.144. The molecule has 0 amide bonds. The number of nitrogens with one attached hydrogen (secondary N) is 1. The summed E-state index contributed by atoms with van der Waals surface area (Å²) in [5, 5.41) is 8.95. The molecule has 0 saturated heterocycles. The van der Waals surface area contributed by atoms with E-state index in [0.29, 0.717) is 0 Å². The first kappa shape index (κ1) is 18.8. The maximum Gasteiger partial charge on any atom is 0.321 e. The summed E-state index contributed by atoms with van der Waals surface area (Å²) in [6.45, 7) is 2.09.